The molecule has 0 radical (unpaired) electrons. The van der Waals surface area contributed by atoms with E-state index in [0.717, 1.165) is 19.3 Å². The van der Waals surface area contributed by atoms with Crippen LogP contribution in [0.2, 0.25) is 0 Å². The number of rotatable bonds is 3. The third kappa shape index (κ3) is 2.15. The van der Waals surface area contributed by atoms with Crippen molar-refractivity contribution in [3.8, 4) is 0 Å². The van der Waals surface area contributed by atoms with Gasteiger partial charge in [0.05, 0.1) is 10.4 Å². The number of nitrogens with one attached hydrogen (secondary N) is 1. The van der Waals surface area contributed by atoms with E-state index in [0.29, 0.717) is 28.8 Å². The summed E-state index contributed by atoms with van der Waals surface area (Å²) in [7, 11) is 0. The van der Waals surface area contributed by atoms with Gasteiger partial charge < -0.3 is 11.1 Å². The molecule has 0 aromatic carbocycles. The van der Waals surface area contributed by atoms with Gasteiger partial charge in [0.2, 0.25) is 5.91 Å². The summed E-state index contributed by atoms with van der Waals surface area (Å²) in [4.78, 5) is 12.8. The third-order valence-corrected chi connectivity index (χ3v) is 5.47. The topological polar surface area (TPSA) is 55.1 Å². The molecular formula is C14H24N2OS. The lowest BCUT2D eigenvalue weighted by molar-refractivity contribution is -0.133. The van der Waals surface area contributed by atoms with Crippen molar-refractivity contribution in [2.45, 2.75) is 52.5 Å². The highest BCUT2D eigenvalue weighted by molar-refractivity contribution is 7.80. The van der Waals surface area contributed by atoms with E-state index in [1.54, 1.807) is 0 Å². The molecule has 0 aliphatic heterocycles. The minimum absolute atomic E-state index is 0.0686. The lowest BCUT2D eigenvalue weighted by atomic mass is 9.62. The molecule has 0 saturated heterocycles. The molecule has 2 aliphatic carbocycles. The average Bonchev–Trinajstić information content (AvgIpc) is 2.55. The summed E-state index contributed by atoms with van der Waals surface area (Å²) in [5.41, 5.74) is 5.25. The van der Waals surface area contributed by atoms with E-state index in [-0.39, 0.29) is 5.91 Å². The third-order valence-electron chi connectivity index (χ3n) is 5.08. The lowest BCUT2D eigenvalue weighted by Gasteiger charge is -2.44. The zero-order valence-corrected chi connectivity index (χ0v) is 12.3. The van der Waals surface area contributed by atoms with Gasteiger partial charge in [-0.05, 0) is 43.4 Å². The Morgan fingerprint density at radius 2 is 1.89 bits per heavy atom. The quantitative estimate of drug-likeness (QED) is 0.772. The largest absolute Gasteiger partial charge is 0.392 e. The molecule has 3 atom stereocenters. The first kappa shape index (κ1) is 13.8. The Morgan fingerprint density at radius 3 is 2.28 bits per heavy atom. The Kier molecular flexibility index (Phi) is 3.67. The van der Waals surface area contributed by atoms with Crippen LogP contribution in [0.4, 0.5) is 0 Å². The van der Waals surface area contributed by atoms with Crippen LogP contribution in [0.5, 0.6) is 0 Å². The molecule has 18 heavy (non-hydrogen) atoms. The molecule has 3 nitrogen and oxygen atoms in total. The van der Waals surface area contributed by atoms with Crippen molar-refractivity contribution in [1.29, 1.82) is 0 Å². The maximum atomic E-state index is 12.5. The van der Waals surface area contributed by atoms with Gasteiger partial charge in [0.15, 0.2) is 0 Å². The maximum Gasteiger partial charge on any atom is 0.233 e. The second kappa shape index (κ2) is 4.80. The zero-order chi connectivity index (χ0) is 13.5. The molecule has 2 aliphatic rings. The normalized spacial score (nSPS) is 43.3. The maximum absolute atomic E-state index is 12.5. The van der Waals surface area contributed by atoms with E-state index in [1.165, 1.54) is 6.42 Å². The molecule has 2 saturated carbocycles. The van der Waals surface area contributed by atoms with Gasteiger partial charge >= 0.3 is 0 Å². The number of carbonyl (C=O) groups excluding carboxylic acids is 1. The molecular weight excluding hydrogens is 244 g/mol. The van der Waals surface area contributed by atoms with Crippen LogP contribution in [0.1, 0.15) is 46.5 Å². The molecule has 4 heteroatoms. The summed E-state index contributed by atoms with van der Waals surface area (Å²) >= 11 is 5.12. The molecule has 2 fully saturated rings. The van der Waals surface area contributed by atoms with Gasteiger partial charge in [0, 0.05) is 6.04 Å². The fraction of sp³-hybridized carbons (Fsp3) is 0.857. The van der Waals surface area contributed by atoms with Gasteiger partial charge in [-0.15, -0.1) is 0 Å². The van der Waals surface area contributed by atoms with E-state index in [1.807, 2.05) is 0 Å². The molecule has 102 valence electrons. The van der Waals surface area contributed by atoms with Crippen molar-refractivity contribution in [3.63, 3.8) is 0 Å². The summed E-state index contributed by atoms with van der Waals surface area (Å²) in [6.07, 6.45) is 3.90. The monoisotopic (exact) mass is 268 g/mol. The van der Waals surface area contributed by atoms with Gasteiger partial charge in [-0.1, -0.05) is 33.0 Å². The number of hydrogen-bond donors (Lipinski definition) is 2. The van der Waals surface area contributed by atoms with Gasteiger partial charge in [-0.2, -0.15) is 0 Å². The molecule has 0 heterocycles. The van der Waals surface area contributed by atoms with E-state index in [9.17, 15) is 4.79 Å². The summed E-state index contributed by atoms with van der Waals surface area (Å²) in [6.45, 7) is 6.62. The molecule has 3 N–H and O–H groups in total. The zero-order valence-electron chi connectivity index (χ0n) is 11.5. The summed E-state index contributed by atoms with van der Waals surface area (Å²) in [5, 5.41) is 3.20. The Balaban J connectivity index is 2.01. The number of thiocarbonyl (C=S) groups is 1. The first-order valence-electron chi connectivity index (χ1n) is 6.97. The highest BCUT2D eigenvalue weighted by Crippen LogP contribution is 2.46. The number of carbonyl (C=O) groups is 1. The Morgan fingerprint density at radius 1 is 1.28 bits per heavy atom. The van der Waals surface area contributed by atoms with Crippen molar-refractivity contribution < 1.29 is 4.79 Å². The first-order chi connectivity index (χ1) is 8.36. The molecule has 0 aromatic rings. The Labute approximate surface area is 115 Å². The fourth-order valence-corrected chi connectivity index (χ4v) is 3.76. The summed E-state index contributed by atoms with van der Waals surface area (Å²) < 4.78 is 0. The van der Waals surface area contributed by atoms with Crippen LogP contribution < -0.4 is 11.1 Å². The van der Waals surface area contributed by atoms with E-state index >= 15 is 0 Å². The number of hydrogen-bond acceptors (Lipinski definition) is 2. The molecule has 3 unspecified atom stereocenters. The van der Waals surface area contributed by atoms with E-state index in [4.69, 9.17) is 18.0 Å². The second-order valence-electron chi connectivity index (χ2n) is 6.45. The number of amides is 1. The molecule has 0 aromatic heterocycles. The molecule has 0 bridgehead atoms. The average molecular weight is 268 g/mol. The van der Waals surface area contributed by atoms with Crippen molar-refractivity contribution in [2.75, 3.05) is 0 Å². The van der Waals surface area contributed by atoms with Crippen molar-refractivity contribution in [3.05, 3.63) is 0 Å². The molecule has 2 rings (SSSR count). The predicted octanol–water partition coefficient (Wildman–Crippen LogP) is 2.24. The molecule has 1 amide bonds. The standard InChI is InChI=1S/C14H24N2OS/c1-8-6-14(7-8,12(15)18)13(17)16-11-5-4-9(2)10(11)3/h8-11H,4-7H2,1-3H3,(H2,15,18)(H,16,17). The van der Waals surface area contributed by atoms with E-state index < -0.39 is 5.41 Å². The predicted molar refractivity (Wildman–Crippen MR) is 77.1 cm³/mol. The van der Waals surface area contributed by atoms with Crippen LogP contribution in [-0.2, 0) is 4.79 Å². The second-order valence-corrected chi connectivity index (χ2v) is 6.89. The lowest BCUT2D eigenvalue weighted by Crippen LogP contribution is -2.58. The first-order valence-corrected chi connectivity index (χ1v) is 7.38. The van der Waals surface area contributed by atoms with Crippen LogP contribution in [0.25, 0.3) is 0 Å². The summed E-state index contributed by atoms with van der Waals surface area (Å²) in [5.74, 6) is 1.86. The van der Waals surface area contributed by atoms with Crippen LogP contribution in [0, 0.1) is 23.2 Å². The van der Waals surface area contributed by atoms with Gasteiger partial charge in [-0.3, -0.25) is 4.79 Å². The van der Waals surface area contributed by atoms with Crippen LogP contribution in [0.3, 0.4) is 0 Å². The van der Waals surface area contributed by atoms with Gasteiger partial charge in [-0.25, -0.2) is 0 Å². The molecule has 0 spiro atoms. The van der Waals surface area contributed by atoms with Gasteiger partial charge in [0.1, 0.15) is 0 Å². The minimum Gasteiger partial charge on any atom is -0.392 e. The van der Waals surface area contributed by atoms with Crippen LogP contribution in [-0.4, -0.2) is 16.9 Å². The van der Waals surface area contributed by atoms with Crippen molar-refractivity contribution in [1.82, 2.24) is 5.32 Å². The smallest absolute Gasteiger partial charge is 0.233 e. The fourth-order valence-electron chi connectivity index (χ4n) is 3.50. The van der Waals surface area contributed by atoms with Gasteiger partial charge in [0.25, 0.3) is 0 Å². The van der Waals surface area contributed by atoms with Crippen LogP contribution in [0.15, 0.2) is 0 Å². The summed E-state index contributed by atoms with van der Waals surface area (Å²) in [6, 6.07) is 0.301. The highest BCUT2D eigenvalue weighted by atomic mass is 32.1. The Hall–Kier alpha value is -0.640. The SMILES string of the molecule is CC1CC(C(=O)NC2CCC(C)C2C)(C(N)=S)C1. The van der Waals surface area contributed by atoms with Crippen molar-refractivity contribution >= 4 is 23.1 Å². The number of nitrogens with two attached hydrogens (primary N) is 1. The van der Waals surface area contributed by atoms with Crippen molar-refractivity contribution in [2.24, 2.45) is 28.9 Å². The Bertz CT molecular complexity index is 363. The minimum atomic E-state index is -0.555. The van der Waals surface area contributed by atoms with Crippen LogP contribution >= 0.6 is 12.2 Å². The van der Waals surface area contributed by atoms with E-state index in [2.05, 4.69) is 26.1 Å². The highest BCUT2D eigenvalue weighted by Gasteiger charge is 2.51.